The molecule has 1 heterocycles. The van der Waals surface area contributed by atoms with E-state index < -0.39 is 23.6 Å². The number of hydrogen-bond acceptors (Lipinski definition) is 4. The van der Waals surface area contributed by atoms with Crippen LogP contribution in [0.4, 0.5) is 13.2 Å². The lowest BCUT2D eigenvalue weighted by Crippen LogP contribution is -2.03. The quantitative estimate of drug-likeness (QED) is 0.799. The number of alkyl halides is 3. The Kier molecular flexibility index (Phi) is 2.50. The minimum atomic E-state index is -4.55. The Hall–Kier alpha value is -1.18. The minimum absolute atomic E-state index is 0.153. The Bertz CT molecular complexity index is 322. The second kappa shape index (κ2) is 3.29. The van der Waals surface area contributed by atoms with Gasteiger partial charge in [-0.3, -0.25) is 4.79 Å². The van der Waals surface area contributed by atoms with Crippen molar-refractivity contribution >= 4 is 17.3 Å². The van der Waals surface area contributed by atoms with Gasteiger partial charge < -0.3 is 5.11 Å². The molecule has 1 aromatic heterocycles. The third-order valence-electron chi connectivity index (χ3n) is 1.01. The van der Waals surface area contributed by atoms with Crippen molar-refractivity contribution in [2.45, 2.75) is 12.6 Å². The van der Waals surface area contributed by atoms with Gasteiger partial charge in [0.25, 0.3) is 0 Å². The van der Waals surface area contributed by atoms with Gasteiger partial charge in [-0.1, -0.05) is 11.3 Å². The van der Waals surface area contributed by atoms with Gasteiger partial charge in [-0.2, -0.15) is 13.2 Å². The number of rotatable bonds is 2. The van der Waals surface area contributed by atoms with Crippen LogP contribution in [0, 0.1) is 0 Å². The molecule has 0 fully saturated rings. The molecule has 13 heavy (non-hydrogen) atoms. The molecule has 0 saturated carbocycles. The van der Waals surface area contributed by atoms with Crippen molar-refractivity contribution in [1.29, 1.82) is 0 Å². The normalized spacial score (nSPS) is 11.6. The largest absolute Gasteiger partial charge is 0.481 e. The van der Waals surface area contributed by atoms with Crippen LogP contribution in [0.15, 0.2) is 0 Å². The van der Waals surface area contributed by atoms with Gasteiger partial charge in [0.15, 0.2) is 0 Å². The number of aromatic nitrogens is 2. The summed E-state index contributed by atoms with van der Waals surface area (Å²) in [6.07, 6.45) is -5.08. The zero-order chi connectivity index (χ0) is 10.1. The van der Waals surface area contributed by atoms with E-state index in [9.17, 15) is 18.0 Å². The highest BCUT2D eigenvalue weighted by atomic mass is 32.1. The molecule has 0 unspecified atom stereocenters. The number of aliphatic carboxylic acids is 1. The Morgan fingerprint density at radius 3 is 2.46 bits per heavy atom. The fourth-order valence-electron chi connectivity index (χ4n) is 0.569. The fourth-order valence-corrected chi connectivity index (χ4v) is 1.27. The fraction of sp³-hybridized carbons (Fsp3) is 0.400. The number of halogens is 3. The van der Waals surface area contributed by atoms with E-state index in [0.29, 0.717) is 0 Å². The highest BCUT2D eigenvalue weighted by molar-refractivity contribution is 7.11. The smallest absolute Gasteiger partial charge is 0.445 e. The summed E-state index contributed by atoms with van der Waals surface area (Å²) in [6, 6.07) is 0. The van der Waals surface area contributed by atoms with E-state index >= 15 is 0 Å². The topological polar surface area (TPSA) is 63.1 Å². The van der Waals surface area contributed by atoms with Crippen LogP contribution >= 0.6 is 11.3 Å². The molecule has 1 rings (SSSR count). The van der Waals surface area contributed by atoms with Gasteiger partial charge in [-0.15, -0.1) is 10.2 Å². The van der Waals surface area contributed by atoms with E-state index in [4.69, 9.17) is 5.11 Å². The number of carboxylic acid groups (broad SMARTS) is 1. The van der Waals surface area contributed by atoms with Crippen molar-refractivity contribution in [3.05, 3.63) is 10.0 Å². The van der Waals surface area contributed by atoms with Crippen LogP contribution in [0.5, 0.6) is 0 Å². The summed E-state index contributed by atoms with van der Waals surface area (Å²) in [7, 11) is 0. The van der Waals surface area contributed by atoms with Crippen LogP contribution in [-0.2, 0) is 17.4 Å². The molecule has 72 valence electrons. The SMILES string of the molecule is O=C(O)Cc1nnc(C(F)(F)F)s1. The third kappa shape index (κ3) is 2.65. The Labute approximate surface area is 74.0 Å². The first-order valence-electron chi connectivity index (χ1n) is 3.01. The standard InChI is InChI=1S/C5H3F3N2O2S/c6-5(7,8)4-10-9-2(13-4)1-3(11)12/h1H2,(H,11,12). The average molecular weight is 212 g/mol. The summed E-state index contributed by atoms with van der Waals surface area (Å²) in [5.74, 6) is -1.23. The van der Waals surface area contributed by atoms with E-state index in [-0.39, 0.29) is 16.3 Å². The van der Waals surface area contributed by atoms with E-state index in [1.807, 2.05) is 0 Å². The van der Waals surface area contributed by atoms with Crippen LogP contribution in [0.25, 0.3) is 0 Å². The van der Waals surface area contributed by atoms with Crippen LogP contribution in [0.2, 0.25) is 0 Å². The first kappa shape index (κ1) is 9.90. The Morgan fingerprint density at radius 1 is 1.46 bits per heavy atom. The Balaban J connectivity index is 2.81. The first-order chi connectivity index (χ1) is 5.89. The zero-order valence-corrected chi connectivity index (χ0v) is 6.82. The number of carbonyl (C=O) groups is 1. The predicted molar refractivity (Wildman–Crippen MR) is 36.3 cm³/mol. The molecule has 0 radical (unpaired) electrons. The Morgan fingerprint density at radius 2 is 2.08 bits per heavy atom. The number of carboxylic acids is 1. The first-order valence-corrected chi connectivity index (χ1v) is 3.82. The zero-order valence-electron chi connectivity index (χ0n) is 6.00. The molecule has 4 nitrogen and oxygen atoms in total. The molecule has 1 aromatic rings. The molecular formula is C5H3F3N2O2S. The third-order valence-corrected chi connectivity index (χ3v) is 1.98. The highest BCUT2D eigenvalue weighted by Crippen LogP contribution is 2.31. The molecule has 8 heteroatoms. The molecule has 0 spiro atoms. The van der Waals surface area contributed by atoms with E-state index in [1.165, 1.54) is 0 Å². The number of nitrogens with zero attached hydrogens (tertiary/aromatic N) is 2. The average Bonchev–Trinajstić information content (AvgIpc) is 2.32. The van der Waals surface area contributed by atoms with Gasteiger partial charge in [0.05, 0.1) is 6.42 Å². The van der Waals surface area contributed by atoms with Crippen LogP contribution in [0.3, 0.4) is 0 Å². The van der Waals surface area contributed by atoms with Crippen LogP contribution in [-0.4, -0.2) is 21.3 Å². The summed E-state index contributed by atoms with van der Waals surface area (Å²) in [5, 5.41) is 12.9. The summed E-state index contributed by atoms with van der Waals surface area (Å²) in [6.45, 7) is 0. The van der Waals surface area contributed by atoms with Gasteiger partial charge >= 0.3 is 12.1 Å². The van der Waals surface area contributed by atoms with Crippen LogP contribution in [0.1, 0.15) is 10.0 Å². The molecule has 0 amide bonds. The second-order valence-electron chi connectivity index (χ2n) is 2.07. The maximum Gasteiger partial charge on any atom is 0.445 e. The summed E-state index contributed by atoms with van der Waals surface area (Å²) in [4.78, 5) is 10.1. The monoisotopic (exact) mass is 212 g/mol. The van der Waals surface area contributed by atoms with Crippen molar-refractivity contribution in [2.75, 3.05) is 0 Å². The predicted octanol–water partition coefficient (Wildman–Crippen LogP) is 1.18. The van der Waals surface area contributed by atoms with Crippen molar-refractivity contribution < 1.29 is 23.1 Å². The van der Waals surface area contributed by atoms with Crippen LogP contribution < -0.4 is 0 Å². The van der Waals surface area contributed by atoms with Crippen molar-refractivity contribution in [3.8, 4) is 0 Å². The summed E-state index contributed by atoms with van der Waals surface area (Å²) in [5.41, 5.74) is 0. The highest BCUT2D eigenvalue weighted by Gasteiger charge is 2.35. The van der Waals surface area contributed by atoms with Gasteiger partial charge in [-0.25, -0.2) is 0 Å². The number of hydrogen-bond donors (Lipinski definition) is 1. The van der Waals surface area contributed by atoms with Gasteiger partial charge in [0.2, 0.25) is 5.01 Å². The van der Waals surface area contributed by atoms with Gasteiger partial charge in [0.1, 0.15) is 5.01 Å². The summed E-state index contributed by atoms with van der Waals surface area (Å²) >= 11 is 0.240. The lowest BCUT2D eigenvalue weighted by atomic mass is 10.5. The molecule has 0 aromatic carbocycles. The van der Waals surface area contributed by atoms with Crippen molar-refractivity contribution in [1.82, 2.24) is 10.2 Å². The molecule has 0 aliphatic heterocycles. The molecular weight excluding hydrogens is 209 g/mol. The maximum atomic E-state index is 11.9. The summed E-state index contributed by atoms with van der Waals surface area (Å²) < 4.78 is 35.7. The lowest BCUT2D eigenvalue weighted by molar-refractivity contribution is -0.138. The molecule has 0 aliphatic carbocycles. The van der Waals surface area contributed by atoms with E-state index in [0.717, 1.165) is 0 Å². The van der Waals surface area contributed by atoms with Crippen molar-refractivity contribution in [2.24, 2.45) is 0 Å². The molecule has 1 N–H and O–H groups in total. The second-order valence-corrected chi connectivity index (χ2v) is 3.13. The molecule has 0 atom stereocenters. The molecule has 0 bridgehead atoms. The minimum Gasteiger partial charge on any atom is -0.481 e. The lowest BCUT2D eigenvalue weighted by Gasteiger charge is -1.97. The molecule has 0 aliphatic rings. The van der Waals surface area contributed by atoms with Crippen molar-refractivity contribution in [3.63, 3.8) is 0 Å². The molecule has 0 saturated heterocycles. The van der Waals surface area contributed by atoms with Gasteiger partial charge in [0, 0.05) is 0 Å². The van der Waals surface area contributed by atoms with E-state index in [1.54, 1.807) is 0 Å². The van der Waals surface area contributed by atoms with Gasteiger partial charge in [-0.05, 0) is 0 Å². The van der Waals surface area contributed by atoms with E-state index in [2.05, 4.69) is 10.2 Å². The maximum absolute atomic E-state index is 11.9.